The number of benzene rings is 2. The maximum Gasteiger partial charge on any atom is 0.224 e. The molecule has 0 aromatic heterocycles. The van der Waals surface area contributed by atoms with E-state index in [0.717, 1.165) is 16.9 Å². The molecule has 0 heterocycles. The van der Waals surface area contributed by atoms with Crippen molar-refractivity contribution in [1.29, 1.82) is 0 Å². The smallest absolute Gasteiger partial charge is 0.224 e. The summed E-state index contributed by atoms with van der Waals surface area (Å²) in [4.78, 5) is 11.3. The van der Waals surface area contributed by atoms with Gasteiger partial charge >= 0.3 is 0 Å². The molecule has 3 N–H and O–H groups in total. The van der Waals surface area contributed by atoms with Gasteiger partial charge in [-0.3, -0.25) is 4.79 Å². The number of phenols is 1. The third-order valence-electron chi connectivity index (χ3n) is 2.96. The largest absolute Gasteiger partial charge is 0.508 e. The van der Waals surface area contributed by atoms with E-state index in [1.165, 1.54) is 0 Å². The molecule has 0 saturated carbocycles. The molecule has 4 heteroatoms. The molecular formula is C16H18N2O2. The molecule has 4 nitrogen and oxygen atoms in total. The lowest BCUT2D eigenvalue weighted by molar-refractivity contribution is -0.115. The Hall–Kier alpha value is -2.49. The van der Waals surface area contributed by atoms with Crippen molar-refractivity contribution in [2.75, 3.05) is 10.6 Å². The Bertz CT molecular complexity index is 579. The molecule has 0 spiro atoms. The Balaban J connectivity index is 1.94. The van der Waals surface area contributed by atoms with E-state index in [9.17, 15) is 9.90 Å². The zero-order valence-corrected chi connectivity index (χ0v) is 11.4. The summed E-state index contributed by atoms with van der Waals surface area (Å²) in [6.07, 6.45) is 0.466. The van der Waals surface area contributed by atoms with Crippen LogP contribution in [0.5, 0.6) is 5.75 Å². The summed E-state index contributed by atoms with van der Waals surface area (Å²) < 4.78 is 0. The van der Waals surface area contributed by atoms with Crippen molar-refractivity contribution < 1.29 is 9.90 Å². The van der Waals surface area contributed by atoms with Gasteiger partial charge in [0.1, 0.15) is 5.75 Å². The number of carbonyl (C=O) groups is 1. The minimum atomic E-state index is -0.0000768. The number of rotatable bonds is 5. The average molecular weight is 270 g/mol. The van der Waals surface area contributed by atoms with Crippen molar-refractivity contribution in [3.8, 4) is 5.75 Å². The highest BCUT2D eigenvalue weighted by molar-refractivity contribution is 5.90. The topological polar surface area (TPSA) is 61.4 Å². The lowest BCUT2D eigenvalue weighted by Crippen LogP contribution is -2.09. The molecule has 20 heavy (non-hydrogen) atoms. The van der Waals surface area contributed by atoms with E-state index in [1.54, 1.807) is 12.1 Å². The van der Waals surface area contributed by atoms with E-state index in [1.807, 2.05) is 43.3 Å². The fourth-order valence-corrected chi connectivity index (χ4v) is 1.78. The average Bonchev–Trinajstić information content (AvgIpc) is 2.48. The number of amides is 1. The van der Waals surface area contributed by atoms with Crippen LogP contribution in [0, 0.1) is 0 Å². The Morgan fingerprint density at radius 2 is 1.70 bits per heavy atom. The van der Waals surface area contributed by atoms with Gasteiger partial charge in [-0.05, 0) is 30.3 Å². The highest BCUT2D eigenvalue weighted by atomic mass is 16.3. The van der Waals surface area contributed by atoms with Crippen LogP contribution in [0.2, 0.25) is 0 Å². The Labute approximate surface area is 118 Å². The van der Waals surface area contributed by atoms with Crippen LogP contribution in [0.15, 0.2) is 48.5 Å². The third kappa shape index (κ3) is 3.75. The molecule has 0 bridgehead atoms. The van der Waals surface area contributed by atoms with Gasteiger partial charge in [-0.25, -0.2) is 0 Å². The van der Waals surface area contributed by atoms with Crippen LogP contribution < -0.4 is 10.6 Å². The van der Waals surface area contributed by atoms with Crippen LogP contribution >= 0.6 is 0 Å². The highest BCUT2D eigenvalue weighted by Crippen LogP contribution is 2.19. The first kappa shape index (κ1) is 13.9. The van der Waals surface area contributed by atoms with Crippen LogP contribution in [-0.2, 0) is 11.3 Å². The zero-order valence-electron chi connectivity index (χ0n) is 11.4. The molecule has 0 saturated heterocycles. The van der Waals surface area contributed by atoms with Crippen LogP contribution in [0.1, 0.15) is 18.9 Å². The van der Waals surface area contributed by atoms with Gasteiger partial charge < -0.3 is 15.7 Å². The van der Waals surface area contributed by atoms with Crippen molar-refractivity contribution in [3.63, 3.8) is 0 Å². The van der Waals surface area contributed by atoms with E-state index in [-0.39, 0.29) is 11.7 Å². The van der Waals surface area contributed by atoms with E-state index >= 15 is 0 Å². The number of hydrogen-bond acceptors (Lipinski definition) is 3. The molecule has 0 radical (unpaired) electrons. The fourth-order valence-electron chi connectivity index (χ4n) is 1.78. The molecule has 0 aliphatic heterocycles. The summed E-state index contributed by atoms with van der Waals surface area (Å²) >= 11 is 0. The number of carbonyl (C=O) groups excluding carboxylic acids is 1. The SMILES string of the molecule is CCC(=O)Nc1ccc(NCc2ccccc2O)cc1. The molecular weight excluding hydrogens is 252 g/mol. The van der Waals surface area contributed by atoms with Gasteiger partial charge in [0, 0.05) is 29.9 Å². The summed E-state index contributed by atoms with van der Waals surface area (Å²) in [5.74, 6) is 0.284. The normalized spacial score (nSPS) is 10.1. The first-order valence-corrected chi connectivity index (χ1v) is 6.59. The van der Waals surface area contributed by atoms with Gasteiger partial charge in [0.15, 0.2) is 0 Å². The van der Waals surface area contributed by atoms with Gasteiger partial charge in [0.2, 0.25) is 5.91 Å². The minimum absolute atomic E-state index is 0.0000768. The van der Waals surface area contributed by atoms with Gasteiger partial charge in [0.25, 0.3) is 0 Å². The second kappa shape index (κ2) is 6.61. The molecule has 1 amide bonds. The second-order valence-electron chi connectivity index (χ2n) is 4.46. The van der Waals surface area contributed by atoms with E-state index in [4.69, 9.17) is 0 Å². The van der Waals surface area contributed by atoms with Crippen LogP contribution in [0.3, 0.4) is 0 Å². The Kier molecular flexibility index (Phi) is 4.60. The predicted molar refractivity (Wildman–Crippen MR) is 80.8 cm³/mol. The molecule has 0 aliphatic rings. The van der Waals surface area contributed by atoms with Crippen LogP contribution in [0.25, 0.3) is 0 Å². The summed E-state index contributed by atoms with van der Waals surface area (Å²) in [6, 6.07) is 14.7. The number of aromatic hydroxyl groups is 1. The molecule has 104 valence electrons. The minimum Gasteiger partial charge on any atom is -0.508 e. The highest BCUT2D eigenvalue weighted by Gasteiger charge is 2.01. The van der Waals surface area contributed by atoms with Gasteiger partial charge in [-0.1, -0.05) is 25.1 Å². The lowest BCUT2D eigenvalue weighted by Gasteiger charge is -2.09. The lowest BCUT2D eigenvalue weighted by atomic mass is 10.2. The van der Waals surface area contributed by atoms with E-state index < -0.39 is 0 Å². The van der Waals surface area contributed by atoms with Crippen molar-refractivity contribution in [1.82, 2.24) is 0 Å². The van der Waals surface area contributed by atoms with Gasteiger partial charge in [0.05, 0.1) is 0 Å². The van der Waals surface area contributed by atoms with Crippen molar-refractivity contribution in [3.05, 3.63) is 54.1 Å². The fraction of sp³-hybridized carbons (Fsp3) is 0.188. The maximum absolute atomic E-state index is 11.3. The molecule has 0 unspecified atom stereocenters. The standard InChI is InChI=1S/C16H18N2O2/c1-2-16(20)18-14-9-7-13(8-10-14)17-11-12-5-3-4-6-15(12)19/h3-10,17,19H,2,11H2,1H3,(H,18,20). The van der Waals surface area contributed by atoms with E-state index in [0.29, 0.717) is 13.0 Å². The Morgan fingerprint density at radius 3 is 2.35 bits per heavy atom. The summed E-state index contributed by atoms with van der Waals surface area (Å²) in [6.45, 7) is 2.37. The number of nitrogens with one attached hydrogen (secondary N) is 2. The molecule has 0 fully saturated rings. The number of anilines is 2. The zero-order chi connectivity index (χ0) is 14.4. The number of hydrogen-bond donors (Lipinski definition) is 3. The number of para-hydroxylation sites is 1. The number of phenolic OH excluding ortho intramolecular Hbond substituents is 1. The first-order valence-electron chi connectivity index (χ1n) is 6.59. The van der Waals surface area contributed by atoms with Crippen LogP contribution in [-0.4, -0.2) is 11.0 Å². The van der Waals surface area contributed by atoms with Crippen molar-refractivity contribution in [2.24, 2.45) is 0 Å². The maximum atomic E-state index is 11.3. The van der Waals surface area contributed by atoms with Crippen molar-refractivity contribution >= 4 is 17.3 Å². The summed E-state index contributed by atoms with van der Waals surface area (Å²) in [7, 11) is 0. The van der Waals surface area contributed by atoms with Crippen molar-refractivity contribution in [2.45, 2.75) is 19.9 Å². The molecule has 2 aromatic carbocycles. The molecule has 0 atom stereocenters. The van der Waals surface area contributed by atoms with E-state index in [2.05, 4.69) is 10.6 Å². The molecule has 0 aliphatic carbocycles. The summed E-state index contributed by atoms with van der Waals surface area (Å²) in [5, 5.41) is 15.7. The molecule has 2 rings (SSSR count). The molecule has 2 aromatic rings. The van der Waals surface area contributed by atoms with Gasteiger partial charge in [-0.15, -0.1) is 0 Å². The first-order chi connectivity index (χ1) is 9.69. The second-order valence-corrected chi connectivity index (χ2v) is 4.46. The van der Waals surface area contributed by atoms with Crippen LogP contribution in [0.4, 0.5) is 11.4 Å². The predicted octanol–water partition coefficient (Wildman–Crippen LogP) is 3.35. The summed E-state index contributed by atoms with van der Waals surface area (Å²) in [5.41, 5.74) is 2.56. The third-order valence-corrected chi connectivity index (χ3v) is 2.96. The van der Waals surface area contributed by atoms with Gasteiger partial charge in [-0.2, -0.15) is 0 Å². The monoisotopic (exact) mass is 270 g/mol. The Morgan fingerprint density at radius 1 is 1.05 bits per heavy atom. The quantitative estimate of drug-likeness (QED) is 0.780.